The van der Waals surface area contributed by atoms with Gasteiger partial charge in [-0.25, -0.2) is 0 Å². The van der Waals surface area contributed by atoms with E-state index in [4.69, 9.17) is 28.4 Å². The number of likely N-dealkylation sites (tertiary alicyclic amines) is 1. The Labute approximate surface area is 273 Å². The first-order valence-electron chi connectivity index (χ1n) is 17.3. The molecule has 0 aliphatic carbocycles. The molecular formula is C39H47NO6. The van der Waals surface area contributed by atoms with Crippen LogP contribution < -0.4 is 18.9 Å². The van der Waals surface area contributed by atoms with Crippen molar-refractivity contribution in [1.29, 1.82) is 0 Å². The average Bonchev–Trinajstić information content (AvgIpc) is 3.10. The van der Waals surface area contributed by atoms with Gasteiger partial charge >= 0.3 is 0 Å². The molecule has 7 rings (SSSR count). The Morgan fingerprint density at radius 3 is 2.02 bits per heavy atom. The second kappa shape index (κ2) is 14.9. The third-order valence-electron chi connectivity index (χ3n) is 9.55. The van der Waals surface area contributed by atoms with E-state index in [1.54, 1.807) is 0 Å². The molecule has 3 atom stereocenters. The summed E-state index contributed by atoms with van der Waals surface area (Å²) in [5, 5.41) is 0. The zero-order valence-corrected chi connectivity index (χ0v) is 27.1. The molecule has 0 radical (unpaired) electrons. The number of hydrogen-bond donors (Lipinski definition) is 0. The summed E-state index contributed by atoms with van der Waals surface area (Å²) < 4.78 is 37.0. The molecule has 3 aromatic rings. The van der Waals surface area contributed by atoms with Crippen LogP contribution in [0.3, 0.4) is 0 Å². The summed E-state index contributed by atoms with van der Waals surface area (Å²) in [5.74, 6) is 3.29. The Kier molecular flexibility index (Phi) is 10.1. The highest BCUT2D eigenvalue weighted by Crippen LogP contribution is 2.48. The summed E-state index contributed by atoms with van der Waals surface area (Å²) in [7, 11) is 0. The molecule has 0 saturated carbocycles. The van der Waals surface area contributed by atoms with E-state index < -0.39 is 0 Å². The van der Waals surface area contributed by atoms with Crippen molar-refractivity contribution in [3.8, 4) is 23.0 Å². The van der Waals surface area contributed by atoms with Crippen molar-refractivity contribution in [2.75, 3.05) is 39.5 Å². The molecule has 4 heterocycles. The summed E-state index contributed by atoms with van der Waals surface area (Å²) in [6.45, 7) is 7.72. The maximum Gasteiger partial charge on any atom is 0.199 e. The quantitative estimate of drug-likeness (QED) is 0.224. The van der Waals surface area contributed by atoms with Gasteiger partial charge < -0.3 is 28.4 Å². The number of fused-ring (bicyclic) bond motifs is 1. The fourth-order valence-electron chi connectivity index (χ4n) is 6.95. The minimum absolute atomic E-state index is 0.172. The van der Waals surface area contributed by atoms with E-state index in [-0.39, 0.29) is 18.7 Å². The predicted octanol–water partition coefficient (Wildman–Crippen LogP) is 8.43. The first kappa shape index (κ1) is 31.1. The SMILES string of the molecule is CC1=C(c2ccc(OC3CCCCO3)cc2)C(c2ccc(OCCN3CCCCC3)cc2)Oc2cc(OC3CCCCO3)ccc21. The number of rotatable bonds is 10. The van der Waals surface area contributed by atoms with E-state index >= 15 is 0 Å². The van der Waals surface area contributed by atoms with E-state index in [9.17, 15) is 0 Å². The molecule has 0 aromatic heterocycles. The Bertz CT molecular complexity index is 1450. The van der Waals surface area contributed by atoms with Crippen molar-refractivity contribution in [3.63, 3.8) is 0 Å². The molecule has 4 aliphatic rings. The molecule has 0 bridgehead atoms. The van der Waals surface area contributed by atoms with Gasteiger partial charge in [0.25, 0.3) is 0 Å². The van der Waals surface area contributed by atoms with Crippen LogP contribution in [-0.4, -0.2) is 56.9 Å². The van der Waals surface area contributed by atoms with Crippen LogP contribution in [0.25, 0.3) is 11.1 Å². The van der Waals surface area contributed by atoms with Crippen LogP contribution in [-0.2, 0) is 9.47 Å². The predicted molar refractivity (Wildman–Crippen MR) is 179 cm³/mol. The van der Waals surface area contributed by atoms with Crippen molar-refractivity contribution in [2.45, 2.75) is 83.4 Å². The lowest BCUT2D eigenvalue weighted by Gasteiger charge is -2.32. The first-order chi connectivity index (χ1) is 22.7. The van der Waals surface area contributed by atoms with E-state index in [0.717, 1.165) is 104 Å². The Morgan fingerprint density at radius 2 is 1.35 bits per heavy atom. The zero-order chi connectivity index (χ0) is 31.1. The standard InChI is InChI=1S/C39H47NO6/c1-28-34-20-19-33(45-37-10-4-8-25-43-37)27-35(34)46-39(30-13-15-31(16-14-30)41-26-23-40-21-5-2-6-22-40)38(28)29-11-17-32(18-12-29)44-36-9-3-7-24-42-36/h11-20,27,36-37,39H,2-10,21-26H2,1H3. The summed E-state index contributed by atoms with van der Waals surface area (Å²) >= 11 is 0. The fraction of sp³-hybridized carbons (Fsp3) is 0.487. The minimum Gasteiger partial charge on any atom is -0.492 e. The van der Waals surface area contributed by atoms with Crippen LogP contribution in [0, 0.1) is 0 Å². The topological polar surface area (TPSA) is 58.6 Å². The van der Waals surface area contributed by atoms with Crippen molar-refractivity contribution < 1.29 is 28.4 Å². The second-order valence-corrected chi connectivity index (χ2v) is 12.9. The molecule has 3 unspecified atom stereocenters. The lowest BCUT2D eigenvalue weighted by atomic mass is 9.86. The zero-order valence-electron chi connectivity index (χ0n) is 27.1. The average molecular weight is 626 g/mol. The molecule has 3 aromatic carbocycles. The molecule has 3 fully saturated rings. The molecule has 0 amide bonds. The first-order valence-corrected chi connectivity index (χ1v) is 17.3. The van der Waals surface area contributed by atoms with E-state index in [1.807, 2.05) is 24.3 Å². The molecular weight excluding hydrogens is 578 g/mol. The number of nitrogens with zero attached hydrogens (tertiary/aromatic N) is 1. The van der Waals surface area contributed by atoms with Crippen molar-refractivity contribution in [1.82, 2.24) is 4.90 Å². The van der Waals surface area contributed by atoms with E-state index in [1.165, 1.54) is 37.9 Å². The molecule has 46 heavy (non-hydrogen) atoms. The van der Waals surface area contributed by atoms with Crippen LogP contribution in [0.15, 0.2) is 66.7 Å². The molecule has 3 saturated heterocycles. The Balaban J connectivity index is 1.13. The van der Waals surface area contributed by atoms with Gasteiger partial charge in [0.1, 0.15) is 35.7 Å². The smallest absolute Gasteiger partial charge is 0.199 e. The van der Waals surface area contributed by atoms with Crippen LogP contribution in [0.4, 0.5) is 0 Å². The highest BCUT2D eigenvalue weighted by Gasteiger charge is 2.30. The van der Waals surface area contributed by atoms with Crippen molar-refractivity contribution in [3.05, 3.63) is 83.4 Å². The number of benzene rings is 3. The second-order valence-electron chi connectivity index (χ2n) is 12.9. The lowest BCUT2D eigenvalue weighted by molar-refractivity contribution is -0.106. The van der Waals surface area contributed by atoms with Gasteiger partial charge in [-0.05, 0) is 112 Å². The van der Waals surface area contributed by atoms with Gasteiger partial charge in [-0.15, -0.1) is 0 Å². The molecule has 4 aliphatic heterocycles. The summed E-state index contributed by atoms with van der Waals surface area (Å²) in [5.41, 5.74) is 5.55. The van der Waals surface area contributed by atoms with Gasteiger partial charge in [-0.3, -0.25) is 4.90 Å². The largest absolute Gasteiger partial charge is 0.492 e. The maximum atomic E-state index is 6.86. The van der Waals surface area contributed by atoms with Gasteiger partial charge in [-0.2, -0.15) is 0 Å². The summed E-state index contributed by atoms with van der Waals surface area (Å²) in [4.78, 5) is 2.50. The lowest BCUT2D eigenvalue weighted by Crippen LogP contribution is -2.33. The molecule has 0 N–H and O–H groups in total. The van der Waals surface area contributed by atoms with E-state index in [2.05, 4.69) is 54.3 Å². The van der Waals surface area contributed by atoms with Crippen LogP contribution in [0.5, 0.6) is 23.0 Å². The monoisotopic (exact) mass is 625 g/mol. The summed E-state index contributed by atoms with van der Waals surface area (Å²) in [6.07, 6.45) is 9.53. The van der Waals surface area contributed by atoms with Gasteiger partial charge in [-0.1, -0.05) is 30.7 Å². The summed E-state index contributed by atoms with van der Waals surface area (Å²) in [6, 6.07) is 22.9. The number of allylic oxidation sites excluding steroid dienone is 1. The van der Waals surface area contributed by atoms with Gasteiger partial charge in [0.2, 0.25) is 0 Å². The number of ether oxygens (including phenoxy) is 6. The molecule has 7 nitrogen and oxygen atoms in total. The number of piperidine rings is 1. The normalized spacial score (nSPS) is 23.7. The van der Waals surface area contributed by atoms with Crippen molar-refractivity contribution >= 4 is 11.1 Å². The Morgan fingerprint density at radius 1 is 0.696 bits per heavy atom. The van der Waals surface area contributed by atoms with Gasteiger partial charge in [0, 0.05) is 36.6 Å². The van der Waals surface area contributed by atoms with Crippen LogP contribution in [0.1, 0.15) is 87.5 Å². The number of hydrogen-bond acceptors (Lipinski definition) is 7. The van der Waals surface area contributed by atoms with Gasteiger partial charge in [0.05, 0.1) is 13.2 Å². The third kappa shape index (κ3) is 7.54. The molecule has 244 valence electrons. The van der Waals surface area contributed by atoms with Crippen LogP contribution >= 0.6 is 0 Å². The molecule has 7 heteroatoms. The highest BCUT2D eigenvalue weighted by atomic mass is 16.7. The van der Waals surface area contributed by atoms with E-state index in [0.29, 0.717) is 6.61 Å². The third-order valence-corrected chi connectivity index (χ3v) is 9.55. The maximum absolute atomic E-state index is 6.86. The van der Waals surface area contributed by atoms with Crippen molar-refractivity contribution in [2.24, 2.45) is 0 Å². The fourth-order valence-corrected chi connectivity index (χ4v) is 6.95. The Hall–Kier alpha value is -3.52. The minimum atomic E-state index is -0.301. The van der Waals surface area contributed by atoms with Gasteiger partial charge in [0.15, 0.2) is 12.6 Å². The highest BCUT2D eigenvalue weighted by molar-refractivity contribution is 5.95. The molecule has 0 spiro atoms. The van der Waals surface area contributed by atoms with Crippen LogP contribution in [0.2, 0.25) is 0 Å².